The third-order valence-corrected chi connectivity index (χ3v) is 9.02. The van der Waals surface area contributed by atoms with E-state index in [0.717, 1.165) is 32.1 Å². The summed E-state index contributed by atoms with van der Waals surface area (Å²) >= 11 is 2.83. The van der Waals surface area contributed by atoms with E-state index in [4.69, 9.17) is 0 Å². The number of anilines is 2. The Balaban J connectivity index is 1.13. The van der Waals surface area contributed by atoms with Gasteiger partial charge in [-0.2, -0.15) is 0 Å². The molecule has 0 fully saturated rings. The summed E-state index contributed by atoms with van der Waals surface area (Å²) in [7, 11) is 0. The van der Waals surface area contributed by atoms with Crippen molar-refractivity contribution >= 4 is 46.2 Å². The smallest absolute Gasteiger partial charge is 0.271 e. The molecule has 10 heteroatoms. The first-order valence-corrected chi connectivity index (χ1v) is 14.5. The van der Waals surface area contributed by atoms with Crippen LogP contribution in [0.5, 0.6) is 0 Å². The minimum atomic E-state index is -0.0366. The van der Waals surface area contributed by atoms with Crippen molar-refractivity contribution in [1.82, 2.24) is 9.13 Å². The van der Waals surface area contributed by atoms with Crippen LogP contribution < -0.4 is 39.6 Å². The minimum Gasteiger partial charge on any atom is -0.334 e. The van der Waals surface area contributed by atoms with E-state index < -0.39 is 0 Å². The van der Waals surface area contributed by atoms with Gasteiger partial charge in [-0.15, -0.1) is 0 Å². The summed E-state index contributed by atoms with van der Waals surface area (Å²) in [6.45, 7) is 2.01. The number of hydrogen-bond acceptors (Lipinski definition) is 8. The quantitative estimate of drug-likeness (QED) is 0.334. The Morgan fingerprint density at radius 1 is 0.575 bits per heavy atom. The van der Waals surface area contributed by atoms with Crippen LogP contribution in [0.2, 0.25) is 0 Å². The van der Waals surface area contributed by atoms with E-state index in [2.05, 4.69) is 19.8 Å². The topological polar surface area (TPSA) is 75.2 Å². The zero-order chi connectivity index (χ0) is 27.1. The monoisotopic (exact) mass is 564 g/mol. The highest BCUT2D eigenvalue weighted by Gasteiger charge is 2.17. The van der Waals surface area contributed by atoms with E-state index in [1.165, 1.54) is 22.7 Å². The average molecular weight is 565 g/mol. The third kappa shape index (κ3) is 4.61. The molecule has 0 amide bonds. The number of hydrogen-bond donors (Lipinski definition) is 0. The van der Waals surface area contributed by atoms with Crippen molar-refractivity contribution in [3.63, 3.8) is 0 Å². The molecule has 2 aromatic heterocycles. The second-order valence-corrected chi connectivity index (χ2v) is 11.6. The van der Waals surface area contributed by atoms with Gasteiger partial charge in [0.2, 0.25) is 0 Å². The lowest BCUT2D eigenvalue weighted by Gasteiger charge is -2.25. The maximum atomic E-state index is 13.2. The van der Waals surface area contributed by atoms with Gasteiger partial charge in [0, 0.05) is 11.4 Å². The lowest BCUT2D eigenvalue weighted by Crippen LogP contribution is -2.42. The second-order valence-electron chi connectivity index (χ2n) is 9.55. The summed E-state index contributed by atoms with van der Waals surface area (Å²) in [5.74, 6) is 0. The molecule has 0 saturated carbocycles. The van der Waals surface area contributed by atoms with Crippen molar-refractivity contribution in [3.8, 4) is 0 Å². The number of benzene rings is 3. The van der Waals surface area contributed by atoms with Crippen molar-refractivity contribution in [3.05, 3.63) is 135 Å². The summed E-state index contributed by atoms with van der Waals surface area (Å²) in [6, 6.07) is 27.9. The lowest BCUT2D eigenvalue weighted by molar-refractivity contribution is 0.569. The Kier molecular flexibility index (Phi) is 6.26. The van der Waals surface area contributed by atoms with Crippen molar-refractivity contribution in [2.75, 3.05) is 23.1 Å². The number of fused-ring (bicyclic) bond motifs is 2. The molecule has 0 bridgehead atoms. The number of para-hydroxylation sites is 2. The molecule has 0 N–H and O–H groups in total. The molecule has 198 valence electrons. The fraction of sp³-hybridized carbons (Fsp3) is 0.133. The molecule has 8 nitrogen and oxygen atoms in total. The van der Waals surface area contributed by atoms with Gasteiger partial charge in [-0.25, -0.2) is 9.98 Å². The standard InChI is InChI=1S/C30H24N6O2S2/c37-27-25(39-29-31-17-33(19-35(27)29)23-7-3-1-4-8-23)15-21-11-13-22(14-12-21)16-26-28(38)36-20-34(18-32-30(36)40-26)24-9-5-2-6-10-24/h1-16H,17-20H2/b25-15-,26-16+. The second kappa shape index (κ2) is 10.2. The van der Waals surface area contributed by atoms with E-state index in [1.807, 2.05) is 97.1 Å². The normalized spacial score (nSPS) is 15.4. The average Bonchev–Trinajstić information content (AvgIpc) is 3.49. The molecule has 5 aromatic rings. The van der Waals surface area contributed by atoms with E-state index in [0.29, 0.717) is 35.7 Å². The van der Waals surface area contributed by atoms with Crippen LogP contribution in [-0.4, -0.2) is 22.5 Å². The number of nitrogens with zero attached hydrogens (tertiary/aromatic N) is 6. The molecule has 0 aliphatic carbocycles. The van der Waals surface area contributed by atoms with Crippen LogP contribution in [0.3, 0.4) is 0 Å². The highest BCUT2D eigenvalue weighted by atomic mass is 32.1. The first-order valence-electron chi connectivity index (χ1n) is 12.8. The molecular weight excluding hydrogens is 541 g/mol. The molecule has 0 radical (unpaired) electrons. The van der Waals surface area contributed by atoms with Crippen LogP contribution in [0.1, 0.15) is 11.1 Å². The van der Waals surface area contributed by atoms with Crippen LogP contribution in [0.25, 0.3) is 12.2 Å². The SMILES string of the molecule is O=c1/c(=C/c2ccc(/C=c3/sc4n(c3=O)CN(c3ccccc3)CN=4)cc2)sc2n1CN(c1ccccc1)CN=2. The van der Waals surface area contributed by atoms with Crippen LogP contribution in [0, 0.1) is 0 Å². The summed E-state index contributed by atoms with van der Waals surface area (Å²) in [5.41, 5.74) is 3.85. The lowest BCUT2D eigenvalue weighted by atomic mass is 10.1. The molecular formula is C30H24N6O2S2. The van der Waals surface area contributed by atoms with Gasteiger partial charge in [0.25, 0.3) is 11.1 Å². The molecule has 0 unspecified atom stereocenters. The van der Waals surface area contributed by atoms with E-state index in [1.54, 1.807) is 9.13 Å². The maximum absolute atomic E-state index is 13.2. The van der Waals surface area contributed by atoms with E-state index in [-0.39, 0.29) is 11.1 Å². The van der Waals surface area contributed by atoms with Crippen molar-refractivity contribution in [2.24, 2.45) is 9.98 Å². The molecule has 0 atom stereocenters. The zero-order valence-corrected chi connectivity index (χ0v) is 23.0. The van der Waals surface area contributed by atoms with Crippen LogP contribution in [0.15, 0.2) is 105 Å². The Bertz CT molecular complexity index is 1910. The van der Waals surface area contributed by atoms with Gasteiger partial charge in [-0.1, -0.05) is 83.3 Å². The predicted molar refractivity (Wildman–Crippen MR) is 160 cm³/mol. The Morgan fingerprint density at radius 3 is 1.38 bits per heavy atom. The first-order chi connectivity index (χ1) is 19.6. The van der Waals surface area contributed by atoms with Crippen molar-refractivity contribution in [1.29, 1.82) is 0 Å². The first kappa shape index (κ1) is 24.5. The maximum Gasteiger partial charge on any atom is 0.271 e. The molecule has 3 aromatic carbocycles. The minimum absolute atomic E-state index is 0.0366. The number of aromatic nitrogens is 2. The number of thiazole rings is 2. The van der Waals surface area contributed by atoms with Crippen LogP contribution in [0.4, 0.5) is 11.4 Å². The molecule has 2 aliphatic rings. The van der Waals surface area contributed by atoms with Crippen LogP contribution in [-0.2, 0) is 13.3 Å². The third-order valence-electron chi connectivity index (χ3n) is 6.93. The van der Waals surface area contributed by atoms with E-state index >= 15 is 0 Å². The predicted octanol–water partition coefficient (Wildman–Crippen LogP) is 1.90. The Labute approximate surface area is 236 Å². The van der Waals surface area contributed by atoms with Gasteiger partial charge in [0.05, 0.1) is 9.06 Å². The van der Waals surface area contributed by atoms with Gasteiger partial charge >= 0.3 is 0 Å². The van der Waals surface area contributed by atoms with Gasteiger partial charge < -0.3 is 9.80 Å². The van der Waals surface area contributed by atoms with Crippen LogP contribution >= 0.6 is 22.7 Å². The molecule has 7 rings (SSSR count). The van der Waals surface area contributed by atoms with Gasteiger partial charge in [0.1, 0.15) is 26.7 Å². The Hall–Kier alpha value is -4.54. The highest BCUT2D eigenvalue weighted by molar-refractivity contribution is 7.07. The molecule has 0 spiro atoms. The molecule has 40 heavy (non-hydrogen) atoms. The summed E-state index contributed by atoms with van der Waals surface area (Å²) in [4.78, 5) is 41.2. The van der Waals surface area contributed by atoms with Gasteiger partial charge in [0.15, 0.2) is 9.60 Å². The van der Waals surface area contributed by atoms with Crippen molar-refractivity contribution in [2.45, 2.75) is 13.3 Å². The summed E-state index contributed by atoms with van der Waals surface area (Å²) in [6.07, 6.45) is 3.81. The largest absolute Gasteiger partial charge is 0.334 e. The summed E-state index contributed by atoms with van der Waals surface area (Å²) in [5, 5.41) is 0. The Morgan fingerprint density at radius 2 is 0.975 bits per heavy atom. The fourth-order valence-corrected chi connectivity index (χ4v) is 6.74. The van der Waals surface area contributed by atoms with Crippen molar-refractivity contribution < 1.29 is 0 Å². The summed E-state index contributed by atoms with van der Waals surface area (Å²) < 4.78 is 4.76. The van der Waals surface area contributed by atoms with Gasteiger partial charge in [-0.3, -0.25) is 18.7 Å². The zero-order valence-electron chi connectivity index (χ0n) is 21.4. The molecule has 0 saturated heterocycles. The van der Waals surface area contributed by atoms with E-state index in [9.17, 15) is 9.59 Å². The molecule has 4 heterocycles. The molecule has 2 aliphatic heterocycles. The number of rotatable bonds is 4. The highest BCUT2D eigenvalue weighted by Crippen LogP contribution is 2.16. The fourth-order valence-electron chi connectivity index (χ4n) is 4.82. The van der Waals surface area contributed by atoms with Gasteiger partial charge in [-0.05, 0) is 47.5 Å².